The van der Waals surface area contributed by atoms with Crippen LogP contribution in [0, 0.1) is 0 Å². The van der Waals surface area contributed by atoms with Gasteiger partial charge in [0.2, 0.25) is 5.82 Å². The van der Waals surface area contributed by atoms with Crippen LogP contribution >= 0.6 is 0 Å². The molecule has 1 aromatic heterocycles. The van der Waals surface area contributed by atoms with Gasteiger partial charge in [-0.15, -0.1) is 0 Å². The van der Waals surface area contributed by atoms with Crippen LogP contribution in [0.15, 0.2) is 4.52 Å². The van der Waals surface area contributed by atoms with Crippen LogP contribution < -0.4 is 0 Å². The Morgan fingerprint density at radius 3 is 3.08 bits per heavy atom. The van der Waals surface area contributed by atoms with Crippen molar-refractivity contribution in [1.29, 1.82) is 0 Å². The molecule has 0 aromatic carbocycles. The van der Waals surface area contributed by atoms with Gasteiger partial charge in [0.05, 0.1) is 0 Å². The minimum atomic E-state index is -0.105. The lowest BCUT2D eigenvalue weighted by Gasteiger charge is -1.99. The van der Waals surface area contributed by atoms with Crippen molar-refractivity contribution in [3.63, 3.8) is 0 Å². The molecular weight excluding hydrogens is 160 g/mol. The molecule has 1 atom stereocenters. The third kappa shape index (κ3) is 1.23. The molecule has 0 radical (unpaired) electrons. The zero-order valence-corrected chi connectivity index (χ0v) is 6.40. The normalized spacial score (nSPS) is 22.8. The number of hydrogen-bond acceptors (Lipinski definition) is 5. The highest BCUT2D eigenvalue weighted by Crippen LogP contribution is 2.26. The van der Waals surface area contributed by atoms with E-state index in [1.165, 1.54) is 0 Å². The van der Waals surface area contributed by atoms with E-state index in [1.54, 1.807) is 0 Å². The van der Waals surface area contributed by atoms with Gasteiger partial charge in [0, 0.05) is 6.61 Å². The highest BCUT2D eigenvalue weighted by molar-refractivity contribution is 5.68. The Bertz CT molecular complexity index is 278. The van der Waals surface area contributed by atoms with Gasteiger partial charge >= 0.3 is 0 Å². The predicted octanol–water partition coefficient (Wildman–Crippen LogP) is 0.734. The lowest BCUT2D eigenvalue weighted by atomic mass is 10.2. The second-order valence-corrected chi connectivity index (χ2v) is 2.61. The van der Waals surface area contributed by atoms with Gasteiger partial charge in [-0.1, -0.05) is 5.16 Å². The molecule has 1 fully saturated rings. The van der Waals surface area contributed by atoms with Crippen LogP contribution in [0.4, 0.5) is 0 Å². The van der Waals surface area contributed by atoms with Crippen LogP contribution in [0.5, 0.6) is 0 Å². The molecule has 5 heteroatoms. The first-order valence-corrected chi connectivity index (χ1v) is 3.80. The molecule has 64 valence electrons. The van der Waals surface area contributed by atoms with Crippen LogP contribution in [0.3, 0.4) is 0 Å². The maximum absolute atomic E-state index is 10.2. The van der Waals surface area contributed by atoms with E-state index in [9.17, 15) is 4.79 Å². The van der Waals surface area contributed by atoms with Gasteiger partial charge in [0.15, 0.2) is 6.29 Å². The Balaban J connectivity index is 2.16. The van der Waals surface area contributed by atoms with E-state index in [2.05, 4.69) is 10.1 Å². The number of nitrogens with zero attached hydrogens (tertiary/aromatic N) is 2. The third-order valence-electron chi connectivity index (χ3n) is 1.77. The summed E-state index contributed by atoms with van der Waals surface area (Å²) in [4.78, 5) is 14.0. The second kappa shape index (κ2) is 3.02. The molecule has 0 saturated carbocycles. The molecule has 1 aliphatic rings. The Labute approximate surface area is 68.7 Å². The van der Waals surface area contributed by atoms with E-state index in [0.717, 1.165) is 19.4 Å². The number of carbonyl (C=O) groups is 1. The van der Waals surface area contributed by atoms with Gasteiger partial charge in [0.25, 0.3) is 5.89 Å². The highest BCUT2D eigenvalue weighted by Gasteiger charge is 2.23. The lowest BCUT2D eigenvalue weighted by Crippen LogP contribution is -1.95. The average molecular weight is 168 g/mol. The van der Waals surface area contributed by atoms with Crippen LogP contribution in [0.25, 0.3) is 0 Å². The van der Waals surface area contributed by atoms with Gasteiger partial charge in [0.1, 0.15) is 6.10 Å². The van der Waals surface area contributed by atoms with Crippen molar-refractivity contribution >= 4 is 6.29 Å². The van der Waals surface area contributed by atoms with Crippen LogP contribution in [0.2, 0.25) is 0 Å². The van der Waals surface area contributed by atoms with Crippen molar-refractivity contribution in [2.24, 2.45) is 0 Å². The van der Waals surface area contributed by atoms with E-state index < -0.39 is 0 Å². The van der Waals surface area contributed by atoms with E-state index >= 15 is 0 Å². The molecule has 0 spiro atoms. The maximum atomic E-state index is 10.2. The van der Waals surface area contributed by atoms with Crippen molar-refractivity contribution < 1.29 is 14.1 Å². The highest BCUT2D eigenvalue weighted by atomic mass is 16.5. The summed E-state index contributed by atoms with van der Waals surface area (Å²) in [5.41, 5.74) is 0. The fraction of sp³-hybridized carbons (Fsp3) is 0.571. The van der Waals surface area contributed by atoms with E-state index in [0.29, 0.717) is 12.2 Å². The van der Waals surface area contributed by atoms with E-state index in [4.69, 9.17) is 9.26 Å². The molecule has 2 rings (SSSR count). The number of ether oxygens (including phenoxy) is 1. The van der Waals surface area contributed by atoms with E-state index in [-0.39, 0.29) is 11.9 Å². The van der Waals surface area contributed by atoms with Gasteiger partial charge in [-0.3, -0.25) is 4.79 Å². The smallest absolute Gasteiger partial charge is 0.256 e. The SMILES string of the molecule is O=Cc1noc(C2CCCO2)n1. The second-order valence-electron chi connectivity index (χ2n) is 2.61. The van der Waals surface area contributed by atoms with Crippen LogP contribution in [0.1, 0.15) is 35.5 Å². The molecule has 1 saturated heterocycles. The summed E-state index contributed by atoms with van der Waals surface area (Å²) < 4.78 is 10.1. The quantitative estimate of drug-likeness (QED) is 0.609. The first kappa shape index (κ1) is 7.42. The fourth-order valence-corrected chi connectivity index (χ4v) is 1.20. The molecule has 1 aromatic rings. The molecule has 0 N–H and O–H groups in total. The van der Waals surface area contributed by atoms with Crippen molar-refractivity contribution in [3.05, 3.63) is 11.7 Å². The van der Waals surface area contributed by atoms with Crippen LogP contribution in [-0.2, 0) is 4.74 Å². The van der Waals surface area contributed by atoms with Crippen molar-refractivity contribution in [2.75, 3.05) is 6.61 Å². The molecule has 12 heavy (non-hydrogen) atoms. The molecule has 0 aliphatic carbocycles. The fourth-order valence-electron chi connectivity index (χ4n) is 1.20. The monoisotopic (exact) mass is 168 g/mol. The summed E-state index contributed by atoms with van der Waals surface area (Å²) in [5, 5.41) is 3.45. The van der Waals surface area contributed by atoms with Gasteiger partial charge in [-0.2, -0.15) is 4.98 Å². The van der Waals surface area contributed by atoms with Gasteiger partial charge in [-0.25, -0.2) is 0 Å². The Kier molecular flexibility index (Phi) is 1.87. The number of aromatic nitrogens is 2. The number of hydrogen-bond donors (Lipinski definition) is 0. The third-order valence-corrected chi connectivity index (χ3v) is 1.77. The topological polar surface area (TPSA) is 65.2 Å². The van der Waals surface area contributed by atoms with Gasteiger partial charge in [-0.05, 0) is 12.8 Å². The minimum Gasteiger partial charge on any atom is -0.368 e. The largest absolute Gasteiger partial charge is 0.368 e. The molecular formula is C7H8N2O3. The first-order valence-electron chi connectivity index (χ1n) is 3.80. The molecule has 1 aliphatic heterocycles. The number of rotatable bonds is 2. The summed E-state index contributed by atoms with van der Waals surface area (Å²) in [5.74, 6) is 0.495. The summed E-state index contributed by atoms with van der Waals surface area (Å²) in [6.45, 7) is 0.726. The molecule has 1 unspecified atom stereocenters. The van der Waals surface area contributed by atoms with Gasteiger partial charge < -0.3 is 9.26 Å². The minimum absolute atomic E-state index is 0.0838. The number of carbonyl (C=O) groups excluding carboxylic acids is 1. The predicted molar refractivity (Wildman–Crippen MR) is 37.6 cm³/mol. The standard InChI is InChI=1S/C7H8N2O3/c10-4-6-8-7(12-9-6)5-2-1-3-11-5/h4-5H,1-3H2. The molecule has 0 amide bonds. The lowest BCUT2D eigenvalue weighted by molar-refractivity contribution is 0.0835. The molecule has 2 heterocycles. The maximum Gasteiger partial charge on any atom is 0.256 e. The Morgan fingerprint density at radius 1 is 1.58 bits per heavy atom. The Hall–Kier alpha value is -1.23. The van der Waals surface area contributed by atoms with Crippen molar-refractivity contribution in [3.8, 4) is 0 Å². The first-order chi connectivity index (χ1) is 5.90. The summed E-state index contributed by atoms with van der Waals surface area (Å²) in [7, 11) is 0. The van der Waals surface area contributed by atoms with E-state index in [1.807, 2.05) is 0 Å². The number of aldehydes is 1. The van der Waals surface area contributed by atoms with Crippen molar-refractivity contribution in [1.82, 2.24) is 10.1 Å². The molecule has 5 nitrogen and oxygen atoms in total. The Morgan fingerprint density at radius 2 is 2.50 bits per heavy atom. The zero-order valence-electron chi connectivity index (χ0n) is 6.40. The zero-order chi connectivity index (χ0) is 8.39. The molecule has 0 bridgehead atoms. The van der Waals surface area contributed by atoms with Crippen molar-refractivity contribution in [2.45, 2.75) is 18.9 Å². The average Bonchev–Trinajstić information content (AvgIpc) is 2.75. The summed E-state index contributed by atoms with van der Waals surface area (Å²) in [6.07, 6.45) is 2.34. The summed E-state index contributed by atoms with van der Waals surface area (Å²) >= 11 is 0. The summed E-state index contributed by atoms with van der Waals surface area (Å²) in [6, 6.07) is 0. The van der Waals surface area contributed by atoms with Crippen LogP contribution in [-0.4, -0.2) is 23.0 Å².